The van der Waals surface area contributed by atoms with Gasteiger partial charge in [0.1, 0.15) is 0 Å². The molecule has 0 bridgehead atoms. The minimum Gasteiger partial charge on any atom is -0.394 e. The summed E-state index contributed by atoms with van der Waals surface area (Å²) in [4.78, 5) is 2.45. The summed E-state index contributed by atoms with van der Waals surface area (Å²) in [5, 5.41) is 12.8. The van der Waals surface area contributed by atoms with Gasteiger partial charge in [-0.1, -0.05) is 20.8 Å². The molecule has 1 aliphatic rings. The van der Waals surface area contributed by atoms with Crippen LogP contribution in [0.1, 0.15) is 41.0 Å². The molecule has 4 heteroatoms. The number of aliphatic hydroxyl groups excluding tert-OH is 1. The molecule has 3 atom stereocenters. The van der Waals surface area contributed by atoms with E-state index >= 15 is 0 Å². The highest BCUT2D eigenvalue weighted by Crippen LogP contribution is 2.25. The summed E-state index contributed by atoms with van der Waals surface area (Å²) in [6.07, 6.45) is 1.15. The predicted molar refractivity (Wildman–Crippen MR) is 79.4 cm³/mol. The first kappa shape index (κ1) is 16.9. The summed E-state index contributed by atoms with van der Waals surface area (Å²) >= 11 is 0. The molecule has 1 aliphatic heterocycles. The van der Waals surface area contributed by atoms with E-state index in [1.54, 1.807) is 0 Å². The fourth-order valence-electron chi connectivity index (χ4n) is 2.50. The summed E-state index contributed by atoms with van der Waals surface area (Å²) in [5.74, 6) is 0. The zero-order valence-corrected chi connectivity index (χ0v) is 13.3. The first-order valence-electron chi connectivity index (χ1n) is 7.60. The van der Waals surface area contributed by atoms with Gasteiger partial charge in [-0.25, -0.2) is 0 Å². The fraction of sp³-hybridized carbons (Fsp3) is 1.00. The lowest BCUT2D eigenvalue weighted by Gasteiger charge is -2.43. The maximum Gasteiger partial charge on any atom is 0.0933 e. The largest absolute Gasteiger partial charge is 0.394 e. The molecule has 0 aromatic rings. The average Bonchev–Trinajstić information content (AvgIpc) is 2.38. The van der Waals surface area contributed by atoms with Crippen molar-refractivity contribution in [1.82, 2.24) is 10.2 Å². The van der Waals surface area contributed by atoms with Gasteiger partial charge in [-0.15, -0.1) is 0 Å². The van der Waals surface area contributed by atoms with E-state index in [9.17, 15) is 5.11 Å². The monoisotopic (exact) mass is 272 g/mol. The minimum atomic E-state index is -0.0223. The number of hydrogen-bond donors (Lipinski definition) is 2. The molecule has 1 rings (SSSR count). The van der Waals surface area contributed by atoms with Gasteiger partial charge in [-0.2, -0.15) is 0 Å². The molecule has 0 amide bonds. The molecule has 3 unspecified atom stereocenters. The Morgan fingerprint density at radius 1 is 1.47 bits per heavy atom. The van der Waals surface area contributed by atoms with Gasteiger partial charge in [0.05, 0.1) is 19.3 Å². The van der Waals surface area contributed by atoms with Gasteiger partial charge in [0.25, 0.3) is 0 Å². The summed E-state index contributed by atoms with van der Waals surface area (Å²) < 4.78 is 5.60. The summed E-state index contributed by atoms with van der Waals surface area (Å²) in [7, 11) is 0. The molecule has 2 N–H and O–H groups in total. The molecule has 0 radical (unpaired) electrons. The van der Waals surface area contributed by atoms with Gasteiger partial charge >= 0.3 is 0 Å². The zero-order chi connectivity index (χ0) is 14.5. The van der Waals surface area contributed by atoms with Crippen LogP contribution in [0.15, 0.2) is 0 Å². The van der Waals surface area contributed by atoms with E-state index in [4.69, 9.17) is 4.74 Å². The van der Waals surface area contributed by atoms with E-state index in [1.807, 2.05) is 0 Å². The minimum absolute atomic E-state index is 0.0223. The number of ether oxygens (including phenoxy) is 1. The number of hydrogen-bond acceptors (Lipinski definition) is 4. The molecule has 0 aromatic carbocycles. The molecule has 1 saturated heterocycles. The van der Waals surface area contributed by atoms with E-state index in [1.165, 1.54) is 6.42 Å². The smallest absolute Gasteiger partial charge is 0.0933 e. The number of rotatable bonds is 7. The van der Waals surface area contributed by atoms with Gasteiger partial charge in [0, 0.05) is 25.2 Å². The first-order valence-corrected chi connectivity index (χ1v) is 7.60. The highest BCUT2D eigenvalue weighted by atomic mass is 16.5. The van der Waals surface area contributed by atoms with Crippen molar-refractivity contribution in [2.45, 2.75) is 59.2 Å². The summed E-state index contributed by atoms with van der Waals surface area (Å²) in [5.41, 5.74) is 0.209. The van der Waals surface area contributed by atoms with Gasteiger partial charge in [-0.3, -0.25) is 4.90 Å². The van der Waals surface area contributed by atoms with Gasteiger partial charge in [0.2, 0.25) is 0 Å². The Labute approximate surface area is 118 Å². The second-order valence-electron chi connectivity index (χ2n) is 6.58. The van der Waals surface area contributed by atoms with Crippen molar-refractivity contribution in [1.29, 1.82) is 0 Å². The van der Waals surface area contributed by atoms with Crippen molar-refractivity contribution < 1.29 is 9.84 Å². The maximum atomic E-state index is 9.25. The topological polar surface area (TPSA) is 44.7 Å². The van der Waals surface area contributed by atoms with Crippen LogP contribution in [-0.4, -0.2) is 61.0 Å². The molecular weight excluding hydrogens is 240 g/mol. The van der Waals surface area contributed by atoms with E-state index in [0.717, 1.165) is 26.2 Å². The average molecular weight is 272 g/mol. The highest BCUT2D eigenvalue weighted by Gasteiger charge is 2.33. The first-order chi connectivity index (χ1) is 8.90. The van der Waals surface area contributed by atoms with Crippen LogP contribution in [0.2, 0.25) is 0 Å². The second-order valence-corrected chi connectivity index (χ2v) is 6.58. The molecule has 1 heterocycles. The van der Waals surface area contributed by atoms with Crippen molar-refractivity contribution in [2.75, 3.05) is 32.8 Å². The van der Waals surface area contributed by atoms with Crippen molar-refractivity contribution >= 4 is 0 Å². The lowest BCUT2D eigenvalue weighted by atomic mass is 9.84. The lowest BCUT2D eigenvalue weighted by molar-refractivity contribution is -0.0877. The van der Waals surface area contributed by atoms with Crippen LogP contribution in [-0.2, 0) is 4.74 Å². The summed E-state index contributed by atoms with van der Waals surface area (Å²) in [6, 6.07) is 0.913. The van der Waals surface area contributed by atoms with Crippen molar-refractivity contribution in [3.8, 4) is 0 Å². The van der Waals surface area contributed by atoms with Crippen LogP contribution in [0.25, 0.3) is 0 Å². The van der Waals surface area contributed by atoms with Crippen LogP contribution in [0.4, 0.5) is 0 Å². The third kappa shape index (κ3) is 5.03. The third-order valence-electron chi connectivity index (χ3n) is 4.32. The Kier molecular flexibility index (Phi) is 6.74. The van der Waals surface area contributed by atoms with Crippen LogP contribution in [0.5, 0.6) is 0 Å². The van der Waals surface area contributed by atoms with E-state index < -0.39 is 0 Å². The molecule has 0 aliphatic carbocycles. The second kappa shape index (κ2) is 7.58. The number of morpholine rings is 1. The number of aliphatic hydroxyl groups is 1. The predicted octanol–water partition coefficient (Wildman–Crippen LogP) is 1.48. The zero-order valence-electron chi connectivity index (χ0n) is 13.3. The molecule has 1 fully saturated rings. The molecular formula is C15H32N2O2. The Morgan fingerprint density at radius 3 is 2.74 bits per heavy atom. The van der Waals surface area contributed by atoms with E-state index in [2.05, 4.69) is 44.8 Å². The fourth-order valence-corrected chi connectivity index (χ4v) is 2.50. The molecule has 0 saturated carbocycles. The molecule has 0 aromatic heterocycles. The Balaban J connectivity index is 2.54. The number of nitrogens with zero attached hydrogens (tertiary/aromatic N) is 1. The molecule has 114 valence electrons. The normalized spacial score (nSPS) is 27.5. The van der Waals surface area contributed by atoms with Crippen LogP contribution in [0.3, 0.4) is 0 Å². The van der Waals surface area contributed by atoms with Crippen LogP contribution < -0.4 is 5.32 Å². The molecule has 0 spiro atoms. The molecule has 4 nitrogen and oxygen atoms in total. The van der Waals surface area contributed by atoms with Gasteiger partial charge in [0.15, 0.2) is 0 Å². The lowest BCUT2D eigenvalue weighted by Crippen LogP contribution is -2.55. The van der Waals surface area contributed by atoms with E-state index in [0.29, 0.717) is 12.1 Å². The van der Waals surface area contributed by atoms with Crippen LogP contribution >= 0.6 is 0 Å². The van der Waals surface area contributed by atoms with E-state index in [-0.39, 0.29) is 18.1 Å². The van der Waals surface area contributed by atoms with Crippen molar-refractivity contribution in [3.05, 3.63) is 0 Å². The van der Waals surface area contributed by atoms with Crippen LogP contribution in [0, 0.1) is 5.41 Å². The quantitative estimate of drug-likeness (QED) is 0.737. The third-order valence-corrected chi connectivity index (χ3v) is 4.32. The SMILES string of the molecule is CCCNC(C)C(C)(C)CN1CC(CO)OCC1C. The highest BCUT2D eigenvalue weighted by molar-refractivity contribution is 4.87. The standard InChI is InChI=1S/C15H32N2O2/c1-6-7-16-13(3)15(4,5)11-17-8-14(9-18)19-10-12(17)2/h12-14,16,18H,6-11H2,1-5H3. The Hall–Kier alpha value is -0.160. The van der Waals surface area contributed by atoms with Crippen molar-refractivity contribution in [3.63, 3.8) is 0 Å². The Bertz CT molecular complexity index is 259. The van der Waals surface area contributed by atoms with Gasteiger partial charge < -0.3 is 15.2 Å². The molecule has 19 heavy (non-hydrogen) atoms. The van der Waals surface area contributed by atoms with Gasteiger partial charge in [-0.05, 0) is 32.2 Å². The maximum absolute atomic E-state index is 9.25. The van der Waals surface area contributed by atoms with Crippen molar-refractivity contribution in [2.24, 2.45) is 5.41 Å². The number of nitrogens with one attached hydrogen (secondary N) is 1. The Morgan fingerprint density at radius 2 is 2.16 bits per heavy atom. The summed E-state index contributed by atoms with van der Waals surface area (Å²) in [6.45, 7) is 15.1.